The third-order valence-corrected chi connectivity index (χ3v) is 5.68. The summed E-state index contributed by atoms with van der Waals surface area (Å²) in [6.07, 6.45) is 0.477. The molecule has 2 aromatic rings. The number of hydrogen-bond acceptors (Lipinski definition) is 1. The van der Waals surface area contributed by atoms with Crippen LogP contribution in [0, 0.1) is 12.3 Å². The zero-order valence-corrected chi connectivity index (χ0v) is 14.7. The van der Waals surface area contributed by atoms with E-state index in [-0.39, 0.29) is 11.9 Å². The van der Waals surface area contributed by atoms with Gasteiger partial charge in [-0.05, 0) is 31.4 Å². The molecule has 2 atom stereocenters. The molecule has 1 aliphatic carbocycles. The average Bonchev–Trinajstić information content (AvgIpc) is 3.06. The van der Waals surface area contributed by atoms with Crippen LogP contribution >= 0.6 is 23.2 Å². The molecule has 0 spiro atoms. The van der Waals surface area contributed by atoms with E-state index < -0.39 is 9.75 Å². The van der Waals surface area contributed by atoms with E-state index in [0.29, 0.717) is 6.42 Å². The molecule has 2 nitrogen and oxygen atoms in total. The number of carbonyl (C=O) groups is 1. The number of amides is 1. The molecule has 2 unspecified atom stereocenters. The van der Waals surface area contributed by atoms with Crippen molar-refractivity contribution in [2.75, 3.05) is 0 Å². The van der Waals surface area contributed by atoms with Crippen molar-refractivity contribution in [3.63, 3.8) is 0 Å². The number of aryl methyl sites for hydroxylation is 1. The standard InChI is InChI=1S/C19H19Cl2NO/c1-13-8-10-15(11-9-13)16(14-6-4-3-5-7-14)22-17(23)18(2)12-19(18,20)21/h3-11,16H,12H2,1-2H3,(H,22,23). The Labute approximate surface area is 146 Å². The summed E-state index contributed by atoms with van der Waals surface area (Å²) in [5, 5.41) is 3.12. The highest BCUT2D eigenvalue weighted by molar-refractivity contribution is 6.53. The van der Waals surface area contributed by atoms with Gasteiger partial charge in [0.15, 0.2) is 0 Å². The largest absolute Gasteiger partial charge is 0.345 e. The third kappa shape index (κ3) is 3.11. The number of benzene rings is 2. The zero-order chi connectivity index (χ0) is 16.7. The van der Waals surface area contributed by atoms with Crippen LogP contribution in [0.2, 0.25) is 0 Å². The van der Waals surface area contributed by atoms with Crippen LogP contribution in [-0.4, -0.2) is 10.2 Å². The topological polar surface area (TPSA) is 29.1 Å². The Kier molecular flexibility index (Phi) is 4.16. The smallest absolute Gasteiger partial charge is 0.229 e. The predicted octanol–water partition coefficient (Wildman–Crippen LogP) is 4.78. The summed E-state index contributed by atoms with van der Waals surface area (Å²) in [5.74, 6) is -0.114. The summed E-state index contributed by atoms with van der Waals surface area (Å²) in [6, 6.07) is 17.9. The van der Waals surface area contributed by atoms with Crippen LogP contribution in [0.25, 0.3) is 0 Å². The van der Waals surface area contributed by atoms with Crippen LogP contribution in [0.4, 0.5) is 0 Å². The fourth-order valence-corrected chi connectivity index (χ4v) is 3.41. The Bertz CT molecular complexity index is 712. The van der Waals surface area contributed by atoms with E-state index >= 15 is 0 Å². The highest BCUT2D eigenvalue weighted by Gasteiger charge is 2.68. The van der Waals surface area contributed by atoms with Gasteiger partial charge in [0.1, 0.15) is 4.33 Å². The number of nitrogens with one attached hydrogen (secondary N) is 1. The van der Waals surface area contributed by atoms with Crippen LogP contribution in [0.15, 0.2) is 54.6 Å². The molecule has 2 aromatic carbocycles. The summed E-state index contributed by atoms with van der Waals surface area (Å²) in [6.45, 7) is 3.85. The van der Waals surface area contributed by atoms with E-state index in [0.717, 1.165) is 11.1 Å². The molecule has 1 fully saturated rings. The second kappa shape index (κ2) is 5.85. The molecular weight excluding hydrogens is 329 g/mol. The van der Waals surface area contributed by atoms with Gasteiger partial charge in [-0.3, -0.25) is 4.79 Å². The number of alkyl halides is 2. The van der Waals surface area contributed by atoms with E-state index in [2.05, 4.69) is 5.32 Å². The third-order valence-electron chi connectivity index (χ3n) is 4.58. The van der Waals surface area contributed by atoms with Gasteiger partial charge < -0.3 is 5.32 Å². The normalized spacial score (nSPS) is 23.1. The first kappa shape index (κ1) is 16.4. The monoisotopic (exact) mass is 347 g/mol. The summed E-state index contributed by atoms with van der Waals surface area (Å²) in [4.78, 5) is 12.7. The highest BCUT2D eigenvalue weighted by Crippen LogP contribution is 2.64. The summed E-state index contributed by atoms with van der Waals surface area (Å²) in [5.41, 5.74) is 2.52. The van der Waals surface area contributed by atoms with Gasteiger partial charge in [0.2, 0.25) is 5.91 Å². The Morgan fingerprint density at radius 1 is 1.04 bits per heavy atom. The molecule has 120 valence electrons. The molecule has 0 saturated heterocycles. The van der Waals surface area contributed by atoms with Crippen molar-refractivity contribution in [3.05, 3.63) is 71.3 Å². The Morgan fingerprint density at radius 3 is 2.09 bits per heavy atom. The first-order valence-corrected chi connectivity index (χ1v) is 8.39. The lowest BCUT2D eigenvalue weighted by Gasteiger charge is -2.23. The van der Waals surface area contributed by atoms with Gasteiger partial charge in [-0.15, -0.1) is 23.2 Å². The van der Waals surface area contributed by atoms with Crippen molar-refractivity contribution in [1.82, 2.24) is 5.32 Å². The van der Waals surface area contributed by atoms with Gasteiger partial charge >= 0.3 is 0 Å². The summed E-state index contributed by atoms with van der Waals surface area (Å²) < 4.78 is -0.967. The quantitative estimate of drug-likeness (QED) is 0.792. The zero-order valence-electron chi connectivity index (χ0n) is 13.1. The molecule has 1 aliphatic rings. The van der Waals surface area contributed by atoms with E-state index in [1.165, 1.54) is 5.56 Å². The lowest BCUT2D eigenvalue weighted by molar-refractivity contribution is -0.126. The van der Waals surface area contributed by atoms with Crippen LogP contribution in [0.1, 0.15) is 36.1 Å². The molecule has 0 bridgehead atoms. The molecule has 0 aromatic heterocycles. The van der Waals surface area contributed by atoms with Gasteiger partial charge in [0, 0.05) is 0 Å². The molecule has 4 heteroatoms. The van der Waals surface area contributed by atoms with E-state index in [9.17, 15) is 4.79 Å². The predicted molar refractivity (Wildman–Crippen MR) is 94.8 cm³/mol. The van der Waals surface area contributed by atoms with Crippen LogP contribution in [0.3, 0.4) is 0 Å². The van der Waals surface area contributed by atoms with Gasteiger partial charge in [0.05, 0.1) is 11.5 Å². The molecule has 0 aliphatic heterocycles. The lowest BCUT2D eigenvalue weighted by Crippen LogP contribution is -2.36. The molecule has 1 saturated carbocycles. The minimum Gasteiger partial charge on any atom is -0.345 e. The van der Waals surface area contributed by atoms with Crippen molar-refractivity contribution >= 4 is 29.1 Å². The second-order valence-corrected chi connectivity index (χ2v) is 7.93. The Balaban J connectivity index is 1.90. The van der Waals surface area contributed by atoms with Gasteiger partial charge in [-0.2, -0.15) is 0 Å². The molecule has 0 heterocycles. The van der Waals surface area contributed by atoms with E-state index in [1.54, 1.807) is 6.92 Å². The van der Waals surface area contributed by atoms with Crippen LogP contribution in [-0.2, 0) is 4.79 Å². The van der Waals surface area contributed by atoms with Gasteiger partial charge in [0.25, 0.3) is 0 Å². The van der Waals surface area contributed by atoms with Crippen molar-refractivity contribution < 1.29 is 4.79 Å². The molecular formula is C19H19Cl2NO. The Morgan fingerprint density at radius 2 is 1.57 bits per heavy atom. The molecule has 3 rings (SSSR count). The molecule has 1 N–H and O–H groups in total. The molecule has 0 radical (unpaired) electrons. The van der Waals surface area contributed by atoms with Crippen molar-refractivity contribution in [2.24, 2.45) is 5.41 Å². The van der Waals surface area contributed by atoms with E-state index in [4.69, 9.17) is 23.2 Å². The number of halogens is 2. The maximum atomic E-state index is 12.7. The minimum absolute atomic E-state index is 0.114. The maximum absolute atomic E-state index is 12.7. The van der Waals surface area contributed by atoms with E-state index in [1.807, 2.05) is 61.5 Å². The Hall–Kier alpha value is -1.51. The minimum atomic E-state index is -0.967. The highest BCUT2D eigenvalue weighted by atomic mass is 35.5. The van der Waals surface area contributed by atoms with Crippen molar-refractivity contribution in [2.45, 2.75) is 30.6 Å². The lowest BCUT2D eigenvalue weighted by atomic mass is 9.96. The summed E-state index contributed by atoms with van der Waals surface area (Å²) in [7, 11) is 0. The number of hydrogen-bond donors (Lipinski definition) is 1. The van der Waals surface area contributed by atoms with Crippen molar-refractivity contribution in [1.29, 1.82) is 0 Å². The fourth-order valence-electron chi connectivity index (χ4n) is 2.70. The van der Waals surface area contributed by atoms with Crippen molar-refractivity contribution in [3.8, 4) is 0 Å². The molecule has 23 heavy (non-hydrogen) atoms. The second-order valence-electron chi connectivity index (χ2n) is 6.44. The SMILES string of the molecule is Cc1ccc(C(NC(=O)C2(C)CC2(Cl)Cl)c2ccccc2)cc1. The maximum Gasteiger partial charge on any atom is 0.229 e. The first-order valence-electron chi connectivity index (χ1n) is 7.64. The van der Waals surface area contributed by atoms with Gasteiger partial charge in [-0.1, -0.05) is 60.2 Å². The fraction of sp³-hybridized carbons (Fsp3) is 0.316. The number of rotatable bonds is 4. The van der Waals surface area contributed by atoms with Gasteiger partial charge in [-0.25, -0.2) is 0 Å². The number of carbonyl (C=O) groups excluding carboxylic acids is 1. The average molecular weight is 348 g/mol. The summed E-state index contributed by atoms with van der Waals surface area (Å²) >= 11 is 12.3. The van der Waals surface area contributed by atoms with Crippen LogP contribution in [0.5, 0.6) is 0 Å². The van der Waals surface area contributed by atoms with Crippen LogP contribution < -0.4 is 5.32 Å². The first-order chi connectivity index (χ1) is 10.8. The molecule has 1 amide bonds.